The Bertz CT molecular complexity index is 374. The van der Waals surface area contributed by atoms with E-state index in [4.69, 9.17) is 11.6 Å². The third-order valence-corrected chi connectivity index (χ3v) is 3.90. The molecule has 1 aromatic rings. The molecule has 0 spiro atoms. The molecule has 0 unspecified atom stereocenters. The number of piperazine rings is 1. The molecule has 0 bridgehead atoms. The van der Waals surface area contributed by atoms with E-state index in [1.165, 1.54) is 16.2 Å². The lowest BCUT2D eigenvalue weighted by Crippen LogP contribution is -3.12. The van der Waals surface area contributed by atoms with Gasteiger partial charge in [0.15, 0.2) is 0 Å². The summed E-state index contributed by atoms with van der Waals surface area (Å²) >= 11 is 7.09. The summed E-state index contributed by atoms with van der Waals surface area (Å²) < 4.78 is 0.646. The van der Waals surface area contributed by atoms with Crippen molar-refractivity contribution in [1.29, 1.82) is 0 Å². The Kier molecular flexibility index (Phi) is 3.81. The standard InChI is InChI=1S/C10H14ClN3OS/c1-13-4-6-14(7-5-13)12-10(15)8-2-3-9(11)16-8/h2-3H,4-7H2,1H3,(H,12,15)/p+1. The van der Waals surface area contributed by atoms with Crippen LogP contribution >= 0.6 is 22.9 Å². The molecule has 16 heavy (non-hydrogen) atoms. The average Bonchev–Trinajstić information content (AvgIpc) is 2.68. The Hall–Kier alpha value is -0.620. The summed E-state index contributed by atoms with van der Waals surface area (Å²) in [5.41, 5.74) is 2.90. The number of carbonyl (C=O) groups is 1. The van der Waals surface area contributed by atoms with E-state index in [-0.39, 0.29) is 5.91 Å². The highest BCUT2D eigenvalue weighted by Gasteiger charge is 2.19. The van der Waals surface area contributed by atoms with E-state index < -0.39 is 0 Å². The molecule has 1 aliphatic heterocycles. The maximum atomic E-state index is 11.8. The SMILES string of the molecule is C[NH+]1CCN(NC(=O)c2ccc(Cl)s2)CC1. The summed E-state index contributed by atoms with van der Waals surface area (Å²) in [5, 5.41) is 1.98. The van der Waals surface area contributed by atoms with Crippen molar-refractivity contribution in [3.8, 4) is 0 Å². The Morgan fingerprint density at radius 2 is 2.19 bits per heavy atom. The highest BCUT2D eigenvalue weighted by atomic mass is 35.5. The number of nitrogens with one attached hydrogen (secondary N) is 2. The van der Waals surface area contributed by atoms with E-state index >= 15 is 0 Å². The number of hydrogen-bond acceptors (Lipinski definition) is 3. The molecule has 2 rings (SSSR count). The predicted octanol–water partition coefficient (Wildman–Crippen LogP) is -0.123. The van der Waals surface area contributed by atoms with Crippen LogP contribution in [-0.2, 0) is 0 Å². The van der Waals surface area contributed by atoms with Gasteiger partial charge in [0.2, 0.25) is 0 Å². The minimum absolute atomic E-state index is 0.0588. The van der Waals surface area contributed by atoms with Crippen molar-refractivity contribution in [3.05, 3.63) is 21.3 Å². The van der Waals surface area contributed by atoms with Crippen molar-refractivity contribution in [2.75, 3.05) is 33.2 Å². The van der Waals surface area contributed by atoms with Gasteiger partial charge in [0.05, 0.1) is 42.4 Å². The molecular weight excluding hydrogens is 246 g/mol. The Labute approximate surface area is 104 Å². The molecule has 0 aromatic carbocycles. The first kappa shape index (κ1) is 11.9. The lowest BCUT2D eigenvalue weighted by Gasteiger charge is -2.29. The first-order valence-electron chi connectivity index (χ1n) is 5.28. The Morgan fingerprint density at radius 3 is 2.75 bits per heavy atom. The zero-order chi connectivity index (χ0) is 11.5. The van der Waals surface area contributed by atoms with Crippen LogP contribution in [0.3, 0.4) is 0 Å². The van der Waals surface area contributed by atoms with Crippen molar-refractivity contribution in [2.24, 2.45) is 0 Å². The molecule has 0 radical (unpaired) electrons. The van der Waals surface area contributed by atoms with Crippen LogP contribution in [0.1, 0.15) is 9.67 Å². The maximum absolute atomic E-state index is 11.8. The minimum atomic E-state index is -0.0588. The number of hydrazine groups is 1. The van der Waals surface area contributed by atoms with Crippen LogP contribution in [0.4, 0.5) is 0 Å². The molecule has 2 N–H and O–H groups in total. The van der Waals surface area contributed by atoms with Crippen molar-refractivity contribution < 1.29 is 9.69 Å². The molecule has 1 amide bonds. The van der Waals surface area contributed by atoms with Gasteiger partial charge in [0.1, 0.15) is 0 Å². The van der Waals surface area contributed by atoms with Crippen molar-refractivity contribution in [3.63, 3.8) is 0 Å². The second kappa shape index (κ2) is 5.14. The largest absolute Gasteiger partial charge is 0.335 e. The molecule has 2 heterocycles. The van der Waals surface area contributed by atoms with Crippen molar-refractivity contribution >= 4 is 28.8 Å². The number of halogens is 1. The zero-order valence-corrected chi connectivity index (χ0v) is 10.7. The monoisotopic (exact) mass is 260 g/mol. The first-order chi connectivity index (χ1) is 7.65. The molecule has 0 aliphatic carbocycles. The van der Waals surface area contributed by atoms with E-state index in [2.05, 4.69) is 12.5 Å². The fraction of sp³-hybridized carbons (Fsp3) is 0.500. The van der Waals surface area contributed by atoms with E-state index in [0.29, 0.717) is 9.21 Å². The number of thiophene rings is 1. The molecule has 88 valence electrons. The van der Waals surface area contributed by atoms with Crippen molar-refractivity contribution in [2.45, 2.75) is 0 Å². The number of rotatable bonds is 2. The molecule has 1 aliphatic rings. The number of hydrogen-bond donors (Lipinski definition) is 2. The first-order valence-corrected chi connectivity index (χ1v) is 6.47. The van der Waals surface area contributed by atoms with E-state index in [9.17, 15) is 4.79 Å². The van der Waals surface area contributed by atoms with E-state index in [1.807, 2.05) is 5.01 Å². The topological polar surface area (TPSA) is 36.8 Å². The van der Waals surface area contributed by atoms with Gasteiger partial charge >= 0.3 is 0 Å². The zero-order valence-electron chi connectivity index (χ0n) is 9.12. The highest BCUT2D eigenvalue weighted by Crippen LogP contribution is 2.21. The van der Waals surface area contributed by atoms with Crippen LogP contribution in [0.5, 0.6) is 0 Å². The number of likely N-dealkylation sites (N-methyl/N-ethyl adjacent to an activating group) is 1. The summed E-state index contributed by atoms with van der Waals surface area (Å²) in [4.78, 5) is 14.0. The van der Waals surface area contributed by atoms with Gasteiger partial charge < -0.3 is 4.90 Å². The predicted molar refractivity (Wildman–Crippen MR) is 65.0 cm³/mol. The molecule has 6 heteroatoms. The summed E-state index contributed by atoms with van der Waals surface area (Å²) in [6.07, 6.45) is 0. The van der Waals surface area contributed by atoms with Gasteiger partial charge in [-0.05, 0) is 12.1 Å². The molecule has 1 fully saturated rings. The van der Waals surface area contributed by atoms with Crippen LogP contribution < -0.4 is 10.3 Å². The minimum Gasteiger partial charge on any atom is -0.335 e. The van der Waals surface area contributed by atoms with Gasteiger partial charge in [-0.2, -0.15) is 0 Å². The fourth-order valence-electron chi connectivity index (χ4n) is 1.64. The average molecular weight is 261 g/mol. The molecule has 0 atom stereocenters. The van der Waals surface area contributed by atoms with Crippen LogP contribution in [0.25, 0.3) is 0 Å². The summed E-state index contributed by atoms with van der Waals surface area (Å²) in [6, 6.07) is 3.50. The molecule has 0 saturated carbocycles. The normalized spacial score (nSPS) is 18.6. The quantitative estimate of drug-likeness (QED) is 0.778. The number of nitrogens with zero attached hydrogens (tertiary/aromatic N) is 1. The van der Waals surface area contributed by atoms with Crippen LogP contribution in [0, 0.1) is 0 Å². The summed E-state index contributed by atoms with van der Waals surface area (Å²) in [5.74, 6) is -0.0588. The smallest absolute Gasteiger partial charge is 0.275 e. The third kappa shape index (κ3) is 2.95. The van der Waals surface area contributed by atoms with Gasteiger partial charge in [0, 0.05) is 0 Å². The second-order valence-electron chi connectivity index (χ2n) is 3.99. The van der Waals surface area contributed by atoms with Gasteiger partial charge in [-0.25, -0.2) is 5.01 Å². The number of quaternary nitrogens is 1. The van der Waals surface area contributed by atoms with Gasteiger partial charge in [-0.15, -0.1) is 11.3 Å². The van der Waals surface area contributed by atoms with Gasteiger partial charge in [-0.3, -0.25) is 10.2 Å². The third-order valence-electron chi connectivity index (χ3n) is 2.67. The molecule has 4 nitrogen and oxygen atoms in total. The van der Waals surface area contributed by atoms with Crippen LogP contribution in [0.2, 0.25) is 4.34 Å². The van der Waals surface area contributed by atoms with E-state index in [1.54, 1.807) is 12.1 Å². The second-order valence-corrected chi connectivity index (χ2v) is 5.70. The number of carbonyl (C=O) groups excluding carboxylic acids is 1. The number of amides is 1. The van der Waals surface area contributed by atoms with Gasteiger partial charge in [-0.1, -0.05) is 11.6 Å². The van der Waals surface area contributed by atoms with Crippen LogP contribution in [0.15, 0.2) is 12.1 Å². The summed E-state index contributed by atoms with van der Waals surface area (Å²) in [6.45, 7) is 3.92. The fourth-order valence-corrected chi connectivity index (χ4v) is 2.57. The van der Waals surface area contributed by atoms with Gasteiger partial charge in [0.25, 0.3) is 5.91 Å². The molecular formula is C10H15ClN3OS+. The maximum Gasteiger partial charge on any atom is 0.275 e. The van der Waals surface area contributed by atoms with E-state index in [0.717, 1.165) is 26.2 Å². The highest BCUT2D eigenvalue weighted by molar-refractivity contribution is 7.17. The molecule has 1 saturated heterocycles. The Balaban J connectivity index is 1.88. The van der Waals surface area contributed by atoms with Crippen molar-refractivity contribution in [1.82, 2.24) is 10.4 Å². The lowest BCUT2D eigenvalue weighted by atomic mass is 10.4. The summed E-state index contributed by atoms with van der Waals surface area (Å²) in [7, 11) is 2.16. The lowest BCUT2D eigenvalue weighted by molar-refractivity contribution is -0.884. The Morgan fingerprint density at radius 1 is 1.50 bits per heavy atom. The molecule has 1 aromatic heterocycles. The van der Waals surface area contributed by atoms with Crippen LogP contribution in [-0.4, -0.2) is 44.1 Å².